The zero-order valence-electron chi connectivity index (χ0n) is 14.2. The van der Waals surface area contributed by atoms with Gasteiger partial charge in [0.1, 0.15) is 5.41 Å². The van der Waals surface area contributed by atoms with Crippen molar-refractivity contribution < 1.29 is 14.6 Å². The average molecular weight is 334 g/mol. The molecule has 0 bridgehead atoms. The highest BCUT2D eigenvalue weighted by Gasteiger charge is 2.53. The van der Waals surface area contributed by atoms with E-state index in [0.717, 1.165) is 32.5 Å². The van der Waals surface area contributed by atoms with Gasteiger partial charge < -0.3 is 14.7 Å². The molecule has 0 aliphatic carbocycles. The Morgan fingerprint density at radius 3 is 2.92 bits per heavy atom. The van der Waals surface area contributed by atoms with Crippen LogP contribution >= 0.6 is 0 Å². The highest BCUT2D eigenvalue weighted by atomic mass is 16.5. The molecule has 3 heterocycles. The van der Waals surface area contributed by atoms with Crippen LogP contribution in [-0.2, 0) is 9.53 Å². The lowest BCUT2D eigenvalue weighted by Crippen LogP contribution is -2.64. The van der Waals surface area contributed by atoms with Crippen LogP contribution in [0, 0.1) is 5.41 Å². The number of hydrogen-bond acceptors (Lipinski definition) is 6. The Bertz CT molecular complexity index is 556. The first kappa shape index (κ1) is 17.1. The van der Waals surface area contributed by atoms with Crippen molar-refractivity contribution in [1.82, 2.24) is 14.9 Å². The Morgan fingerprint density at radius 2 is 2.21 bits per heavy atom. The first-order valence-corrected chi connectivity index (χ1v) is 8.74. The molecule has 132 valence electrons. The molecule has 0 radical (unpaired) electrons. The van der Waals surface area contributed by atoms with Crippen LogP contribution in [0.4, 0.5) is 5.95 Å². The Labute approximate surface area is 142 Å². The second-order valence-electron chi connectivity index (χ2n) is 6.57. The number of aromatic nitrogens is 2. The minimum atomic E-state index is -0.748. The minimum Gasteiger partial charge on any atom is -0.481 e. The van der Waals surface area contributed by atoms with E-state index in [9.17, 15) is 9.90 Å². The summed E-state index contributed by atoms with van der Waals surface area (Å²) in [6, 6.07) is 1.84. The zero-order chi connectivity index (χ0) is 17.0. The van der Waals surface area contributed by atoms with Crippen molar-refractivity contribution in [3.05, 3.63) is 18.5 Å². The summed E-state index contributed by atoms with van der Waals surface area (Å²) in [5, 5.41) is 10.1. The number of carbonyl (C=O) groups is 1. The minimum absolute atomic E-state index is 0.0594. The van der Waals surface area contributed by atoms with Crippen molar-refractivity contribution in [2.75, 3.05) is 44.3 Å². The van der Waals surface area contributed by atoms with E-state index in [-0.39, 0.29) is 6.04 Å². The highest BCUT2D eigenvalue weighted by molar-refractivity contribution is 5.77. The number of carboxylic acid groups (broad SMARTS) is 1. The van der Waals surface area contributed by atoms with Crippen LogP contribution in [0.25, 0.3) is 0 Å². The smallest absolute Gasteiger partial charge is 0.313 e. The molecule has 0 spiro atoms. The molecule has 24 heavy (non-hydrogen) atoms. The van der Waals surface area contributed by atoms with Gasteiger partial charge in [-0.1, -0.05) is 0 Å². The first-order chi connectivity index (χ1) is 11.7. The van der Waals surface area contributed by atoms with Crippen molar-refractivity contribution >= 4 is 11.9 Å². The molecule has 7 heteroatoms. The Hall–Kier alpha value is -1.73. The van der Waals surface area contributed by atoms with E-state index in [2.05, 4.69) is 14.9 Å². The summed E-state index contributed by atoms with van der Waals surface area (Å²) in [6.07, 6.45) is 5.84. The van der Waals surface area contributed by atoms with Crippen LogP contribution < -0.4 is 4.90 Å². The lowest BCUT2D eigenvalue weighted by Gasteiger charge is -2.52. The molecule has 1 aromatic heterocycles. The number of piperidine rings is 2. The molecule has 2 fully saturated rings. The maximum Gasteiger partial charge on any atom is 0.313 e. The molecule has 7 nitrogen and oxygen atoms in total. The number of hydrogen-bond donors (Lipinski definition) is 1. The van der Waals surface area contributed by atoms with Gasteiger partial charge in [0.05, 0.1) is 6.61 Å². The predicted molar refractivity (Wildman–Crippen MR) is 90.0 cm³/mol. The number of ether oxygens (including phenoxy) is 1. The molecule has 2 saturated heterocycles. The third-order valence-electron chi connectivity index (χ3n) is 5.28. The lowest BCUT2D eigenvalue weighted by atomic mass is 9.69. The number of nitrogens with zero attached hydrogens (tertiary/aromatic N) is 4. The number of rotatable bonds is 6. The van der Waals surface area contributed by atoms with Gasteiger partial charge in [-0.25, -0.2) is 9.97 Å². The van der Waals surface area contributed by atoms with Crippen LogP contribution in [0.5, 0.6) is 0 Å². The number of carboxylic acids is 1. The van der Waals surface area contributed by atoms with Crippen molar-refractivity contribution in [3.63, 3.8) is 0 Å². The number of likely N-dealkylation sites (tertiary alicyclic amines) is 1. The quantitative estimate of drug-likeness (QED) is 0.785. The maximum absolute atomic E-state index is 12.2. The van der Waals surface area contributed by atoms with Gasteiger partial charge in [0.25, 0.3) is 0 Å². The van der Waals surface area contributed by atoms with Crippen molar-refractivity contribution in [1.29, 1.82) is 0 Å². The molecule has 1 N–H and O–H groups in total. The van der Waals surface area contributed by atoms with Gasteiger partial charge in [-0.15, -0.1) is 0 Å². The van der Waals surface area contributed by atoms with Gasteiger partial charge in [-0.3, -0.25) is 9.69 Å². The Balaban J connectivity index is 1.79. The van der Waals surface area contributed by atoms with E-state index in [1.54, 1.807) is 18.5 Å². The summed E-state index contributed by atoms with van der Waals surface area (Å²) >= 11 is 0. The van der Waals surface area contributed by atoms with Crippen LogP contribution in [0.2, 0.25) is 0 Å². The SMILES string of the molecule is CCOCCN1CCC[C@]2(C(=O)O)CN(c3ncccn3)CC[C@@H]12. The molecule has 0 aromatic carbocycles. The van der Waals surface area contributed by atoms with Gasteiger partial charge in [-0.2, -0.15) is 0 Å². The topological polar surface area (TPSA) is 78.8 Å². The molecule has 2 aliphatic rings. The van der Waals surface area contributed by atoms with Crippen molar-refractivity contribution in [2.24, 2.45) is 5.41 Å². The van der Waals surface area contributed by atoms with Gasteiger partial charge in [0, 0.05) is 44.7 Å². The summed E-state index contributed by atoms with van der Waals surface area (Å²) in [7, 11) is 0. The van der Waals surface area contributed by atoms with Crippen LogP contribution in [-0.4, -0.2) is 71.4 Å². The van der Waals surface area contributed by atoms with E-state index >= 15 is 0 Å². The summed E-state index contributed by atoms with van der Waals surface area (Å²) in [6.45, 7) is 6.35. The van der Waals surface area contributed by atoms with E-state index in [1.807, 2.05) is 11.8 Å². The third-order valence-corrected chi connectivity index (χ3v) is 5.28. The predicted octanol–water partition coefficient (Wildman–Crippen LogP) is 1.26. The molecule has 2 atom stereocenters. The van der Waals surface area contributed by atoms with E-state index in [4.69, 9.17) is 4.74 Å². The number of fused-ring (bicyclic) bond motifs is 1. The van der Waals surface area contributed by atoms with E-state index < -0.39 is 11.4 Å². The van der Waals surface area contributed by atoms with E-state index in [0.29, 0.717) is 32.1 Å². The fraction of sp³-hybridized carbons (Fsp3) is 0.706. The maximum atomic E-state index is 12.2. The average Bonchev–Trinajstić information content (AvgIpc) is 2.62. The second kappa shape index (κ2) is 7.44. The Morgan fingerprint density at radius 1 is 1.42 bits per heavy atom. The van der Waals surface area contributed by atoms with Gasteiger partial charge >= 0.3 is 5.97 Å². The van der Waals surface area contributed by atoms with Gasteiger partial charge in [-0.05, 0) is 38.8 Å². The molecular weight excluding hydrogens is 308 g/mol. The highest BCUT2D eigenvalue weighted by Crippen LogP contribution is 2.42. The zero-order valence-corrected chi connectivity index (χ0v) is 14.2. The molecule has 0 saturated carbocycles. The molecular formula is C17H26N4O3. The molecule has 0 amide bonds. The fourth-order valence-electron chi connectivity index (χ4n) is 4.15. The number of anilines is 1. The van der Waals surface area contributed by atoms with Gasteiger partial charge in [0.2, 0.25) is 5.95 Å². The van der Waals surface area contributed by atoms with Crippen LogP contribution in [0.1, 0.15) is 26.2 Å². The normalized spacial score (nSPS) is 27.7. The third kappa shape index (κ3) is 3.23. The monoisotopic (exact) mass is 334 g/mol. The first-order valence-electron chi connectivity index (χ1n) is 8.74. The summed E-state index contributed by atoms with van der Waals surface area (Å²) < 4.78 is 5.48. The van der Waals surface area contributed by atoms with Crippen molar-refractivity contribution in [3.8, 4) is 0 Å². The van der Waals surface area contributed by atoms with E-state index in [1.165, 1.54) is 0 Å². The largest absolute Gasteiger partial charge is 0.481 e. The fourth-order valence-corrected chi connectivity index (χ4v) is 4.15. The summed E-state index contributed by atoms with van der Waals surface area (Å²) in [5.41, 5.74) is -0.748. The molecule has 2 aliphatic heterocycles. The molecule has 1 aromatic rings. The Kier molecular flexibility index (Phi) is 5.30. The second-order valence-corrected chi connectivity index (χ2v) is 6.57. The molecule has 3 rings (SSSR count). The standard InChI is InChI=1S/C17H26N4O3/c1-2-24-12-11-20-9-3-6-17(15(22)23)13-21(10-5-14(17)20)16-18-7-4-8-19-16/h4,7-8,14H,2-3,5-6,9-13H2,1H3,(H,22,23)/t14-,17+/m1/s1. The van der Waals surface area contributed by atoms with Crippen LogP contribution in [0.3, 0.4) is 0 Å². The summed E-state index contributed by atoms with van der Waals surface area (Å²) in [4.78, 5) is 25.2. The van der Waals surface area contributed by atoms with Gasteiger partial charge in [0.15, 0.2) is 0 Å². The van der Waals surface area contributed by atoms with Crippen LogP contribution in [0.15, 0.2) is 18.5 Å². The van der Waals surface area contributed by atoms with Crippen molar-refractivity contribution in [2.45, 2.75) is 32.2 Å². The summed E-state index contributed by atoms with van der Waals surface area (Å²) in [5.74, 6) is -0.0720. The number of aliphatic carboxylic acids is 1. The molecule has 0 unspecified atom stereocenters. The lowest BCUT2D eigenvalue weighted by molar-refractivity contribution is -0.158.